The van der Waals surface area contributed by atoms with E-state index in [1.165, 1.54) is 5.56 Å². The van der Waals surface area contributed by atoms with Crippen molar-refractivity contribution in [1.29, 1.82) is 0 Å². The Kier molecular flexibility index (Phi) is 3.92. The molecule has 0 aliphatic heterocycles. The molecule has 2 aromatic heterocycles. The molecule has 0 fully saturated rings. The van der Waals surface area contributed by atoms with Crippen LogP contribution in [0.1, 0.15) is 25.8 Å². The highest BCUT2D eigenvalue weighted by molar-refractivity contribution is 5.65. The molecule has 5 heteroatoms. The van der Waals surface area contributed by atoms with Gasteiger partial charge in [-0.25, -0.2) is 9.97 Å². The van der Waals surface area contributed by atoms with Gasteiger partial charge in [-0.15, -0.1) is 0 Å². The fourth-order valence-corrected chi connectivity index (χ4v) is 2.05. The van der Waals surface area contributed by atoms with Gasteiger partial charge in [0.05, 0.1) is 11.4 Å². The number of hydrogen-bond acceptors (Lipinski definition) is 4. The van der Waals surface area contributed by atoms with Crippen molar-refractivity contribution in [2.45, 2.75) is 26.7 Å². The fourth-order valence-electron chi connectivity index (χ4n) is 2.05. The topological polar surface area (TPSA) is 55.6 Å². The number of hydrogen-bond donors (Lipinski definition) is 1. The summed E-state index contributed by atoms with van der Waals surface area (Å²) in [5.41, 5.74) is 3.17. The van der Waals surface area contributed by atoms with Gasteiger partial charge < -0.3 is 5.32 Å². The van der Waals surface area contributed by atoms with E-state index in [0.29, 0.717) is 0 Å². The first kappa shape index (κ1) is 12.5. The van der Waals surface area contributed by atoms with Gasteiger partial charge >= 0.3 is 0 Å². The van der Waals surface area contributed by atoms with Crippen LogP contribution in [0.25, 0.3) is 11.4 Å². The Morgan fingerprint density at radius 3 is 2.72 bits per heavy atom. The number of rotatable bonds is 5. The standard InChI is InChI=1S/C13H19N5/c1-4-6-10-12(11-7-8-17-18(11)3)15-9-16-13(10)14-5-2/h7-9H,4-6H2,1-3H3,(H,14,15,16). The molecule has 0 aliphatic carbocycles. The van der Waals surface area contributed by atoms with Gasteiger partial charge in [-0.3, -0.25) is 4.68 Å². The number of nitrogens with one attached hydrogen (secondary N) is 1. The molecule has 0 spiro atoms. The zero-order valence-corrected chi connectivity index (χ0v) is 11.1. The van der Waals surface area contributed by atoms with E-state index in [9.17, 15) is 0 Å². The van der Waals surface area contributed by atoms with Crippen LogP contribution in [-0.2, 0) is 13.5 Å². The molecule has 0 aromatic carbocycles. The lowest BCUT2D eigenvalue weighted by atomic mass is 10.1. The lowest BCUT2D eigenvalue weighted by Gasteiger charge is -2.13. The van der Waals surface area contributed by atoms with Crippen LogP contribution in [0.3, 0.4) is 0 Å². The molecule has 96 valence electrons. The second kappa shape index (κ2) is 5.62. The van der Waals surface area contributed by atoms with E-state index in [-0.39, 0.29) is 0 Å². The summed E-state index contributed by atoms with van der Waals surface area (Å²) in [6.45, 7) is 5.09. The van der Waals surface area contributed by atoms with Gasteiger partial charge in [-0.1, -0.05) is 13.3 Å². The molecule has 2 aromatic rings. The number of nitrogens with zero attached hydrogens (tertiary/aromatic N) is 4. The van der Waals surface area contributed by atoms with Gasteiger partial charge in [0.1, 0.15) is 12.1 Å². The average Bonchev–Trinajstić information content (AvgIpc) is 2.78. The summed E-state index contributed by atoms with van der Waals surface area (Å²) in [6.07, 6.45) is 5.43. The van der Waals surface area contributed by atoms with Crippen molar-refractivity contribution in [3.63, 3.8) is 0 Å². The van der Waals surface area contributed by atoms with Gasteiger partial charge in [-0.05, 0) is 19.4 Å². The van der Waals surface area contributed by atoms with Crippen LogP contribution in [0, 0.1) is 0 Å². The Hall–Kier alpha value is -1.91. The molecule has 0 saturated carbocycles. The van der Waals surface area contributed by atoms with Crippen molar-refractivity contribution in [2.24, 2.45) is 7.05 Å². The van der Waals surface area contributed by atoms with E-state index in [1.54, 1.807) is 12.5 Å². The first-order valence-electron chi connectivity index (χ1n) is 6.34. The van der Waals surface area contributed by atoms with Gasteiger partial charge in [-0.2, -0.15) is 5.10 Å². The quantitative estimate of drug-likeness (QED) is 0.878. The zero-order chi connectivity index (χ0) is 13.0. The van der Waals surface area contributed by atoms with Crippen LogP contribution >= 0.6 is 0 Å². The molecular weight excluding hydrogens is 226 g/mol. The first-order chi connectivity index (χ1) is 8.77. The summed E-state index contributed by atoms with van der Waals surface area (Å²) < 4.78 is 1.84. The van der Waals surface area contributed by atoms with Crippen LogP contribution in [0.15, 0.2) is 18.6 Å². The highest BCUT2D eigenvalue weighted by Gasteiger charge is 2.14. The predicted octanol–water partition coefficient (Wildman–Crippen LogP) is 2.26. The molecule has 0 aliphatic rings. The summed E-state index contributed by atoms with van der Waals surface area (Å²) in [7, 11) is 1.93. The fraction of sp³-hybridized carbons (Fsp3) is 0.462. The molecular formula is C13H19N5. The predicted molar refractivity (Wildman–Crippen MR) is 72.4 cm³/mol. The third-order valence-corrected chi connectivity index (χ3v) is 2.85. The van der Waals surface area contributed by atoms with Crippen molar-refractivity contribution >= 4 is 5.82 Å². The van der Waals surface area contributed by atoms with E-state index in [2.05, 4.69) is 34.2 Å². The first-order valence-corrected chi connectivity index (χ1v) is 6.34. The van der Waals surface area contributed by atoms with Crippen LogP contribution in [0.5, 0.6) is 0 Å². The van der Waals surface area contributed by atoms with Crippen LogP contribution in [0.2, 0.25) is 0 Å². The summed E-state index contributed by atoms with van der Waals surface area (Å²) >= 11 is 0. The summed E-state index contributed by atoms with van der Waals surface area (Å²) in [5, 5.41) is 7.51. The molecule has 0 amide bonds. The normalized spacial score (nSPS) is 10.6. The molecule has 2 rings (SSSR count). The Bertz CT molecular complexity index is 518. The average molecular weight is 245 g/mol. The lowest BCUT2D eigenvalue weighted by Crippen LogP contribution is -2.07. The summed E-state index contributed by atoms with van der Waals surface area (Å²) in [6, 6.07) is 1.98. The Balaban J connectivity index is 2.52. The van der Waals surface area contributed by atoms with Crippen molar-refractivity contribution in [1.82, 2.24) is 19.7 Å². The largest absolute Gasteiger partial charge is 0.370 e. The van der Waals surface area contributed by atoms with E-state index < -0.39 is 0 Å². The van der Waals surface area contributed by atoms with Crippen molar-refractivity contribution in [2.75, 3.05) is 11.9 Å². The molecule has 0 bridgehead atoms. The molecule has 0 radical (unpaired) electrons. The van der Waals surface area contributed by atoms with Crippen molar-refractivity contribution in [3.8, 4) is 11.4 Å². The molecule has 18 heavy (non-hydrogen) atoms. The molecule has 1 N–H and O–H groups in total. The second-order valence-electron chi connectivity index (χ2n) is 4.17. The van der Waals surface area contributed by atoms with Gasteiger partial charge in [0.2, 0.25) is 0 Å². The molecule has 0 atom stereocenters. The Morgan fingerprint density at radius 1 is 1.28 bits per heavy atom. The van der Waals surface area contributed by atoms with Crippen LogP contribution in [0.4, 0.5) is 5.82 Å². The van der Waals surface area contributed by atoms with E-state index in [4.69, 9.17) is 0 Å². The Labute approximate surface area is 107 Å². The minimum atomic E-state index is 0.860. The maximum atomic E-state index is 4.43. The smallest absolute Gasteiger partial charge is 0.133 e. The highest BCUT2D eigenvalue weighted by atomic mass is 15.3. The summed E-state index contributed by atoms with van der Waals surface area (Å²) in [4.78, 5) is 8.77. The minimum absolute atomic E-state index is 0.860. The number of anilines is 1. The minimum Gasteiger partial charge on any atom is -0.370 e. The van der Waals surface area contributed by atoms with E-state index >= 15 is 0 Å². The monoisotopic (exact) mass is 245 g/mol. The maximum Gasteiger partial charge on any atom is 0.133 e. The van der Waals surface area contributed by atoms with Crippen LogP contribution in [-0.4, -0.2) is 26.3 Å². The van der Waals surface area contributed by atoms with E-state index in [0.717, 1.165) is 36.6 Å². The van der Waals surface area contributed by atoms with Crippen LogP contribution < -0.4 is 5.32 Å². The third-order valence-electron chi connectivity index (χ3n) is 2.85. The maximum absolute atomic E-state index is 4.43. The molecule has 2 heterocycles. The third kappa shape index (κ3) is 2.34. The van der Waals surface area contributed by atoms with Gasteiger partial charge in [0.25, 0.3) is 0 Å². The second-order valence-corrected chi connectivity index (χ2v) is 4.17. The highest BCUT2D eigenvalue weighted by Crippen LogP contribution is 2.26. The van der Waals surface area contributed by atoms with Gasteiger partial charge in [0.15, 0.2) is 0 Å². The number of aromatic nitrogens is 4. The van der Waals surface area contributed by atoms with Crippen molar-refractivity contribution < 1.29 is 0 Å². The SMILES string of the molecule is CCCc1c(NCC)ncnc1-c1ccnn1C. The van der Waals surface area contributed by atoms with Crippen molar-refractivity contribution in [3.05, 3.63) is 24.2 Å². The molecule has 0 unspecified atom stereocenters. The van der Waals surface area contributed by atoms with E-state index in [1.807, 2.05) is 17.8 Å². The lowest BCUT2D eigenvalue weighted by molar-refractivity contribution is 0.769. The number of aryl methyl sites for hydroxylation is 1. The van der Waals surface area contributed by atoms with Gasteiger partial charge in [0, 0.05) is 25.4 Å². The molecule has 0 saturated heterocycles. The summed E-state index contributed by atoms with van der Waals surface area (Å²) in [5.74, 6) is 0.936. The Morgan fingerprint density at radius 2 is 2.11 bits per heavy atom. The zero-order valence-electron chi connectivity index (χ0n) is 11.1. The molecule has 5 nitrogen and oxygen atoms in total.